The number of carbonyl (C=O) groups excluding carboxylic acids is 2. The summed E-state index contributed by atoms with van der Waals surface area (Å²) in [4.78, 5) is 22.9. The van der Waals surface area contributed by atoms with Crippen LogP contribution in [0.15, 0.2) is 0 Å². The summed E-state index contributed by atoms with van der Waals surface area (Å²) in [5.74, 6) is -0.149. The number of carbonyl (C=O) groups is 2. The molecule has 1 fully saturated rings. The smallest absolute Gasteiger partial charge is 0.314 e. The monoisotopic (exact) mass is 334 g/mol. The number of aldehydes is 1. The molecule has 0 radical (unpaired) electrons. The van der Waals surface area contributed by atoms with Crippen molar-refractivity contribution in [2.24, 2.45) is 5.41 Å². The van der Waals surface area contributed by atoms with Crippen LogP contribution in [0.3, 0.4) is 0 Å². The van der Waals surface area contributed by atoms with E-state index in [1.54, 1.807) is 0 Å². The van der Waals surface area contributed by atoms with Gasteiger partial charge in [0.25, 0.3) is 0 Å². The maximum atomic E-state index is 12.4. The summed E-state index contributed by atoms with van der Waals surface area (Å²) in [6.07, 6.45) is 5.71. The predicted molar refractivity (Wildman–Crippen MR) is 76.4 cm³/mol. The van der Waals surface area contributed by atoms with Gasteiger partial charge < -0.3 is 14.3 Å². The molecule has 1 rings (SSSR count). The Morgan fingerprint density at radius 3 is 2.63 bits per heavy atom. The van der Waals surface area contributed by atoms with E-state index in [1.165, 1.54) is 0 Å². The zero-order valence-corrected chi connectivity index (χ0v) is 13.1. The van der Waals surface area contributed by atoms with Gasteiger partial charge in [0.1, 0.15) is 12.9 Å². The van der Waals surface area contributed by atoms with Crippen LogP contribution in [0.1, 0.15) is 45.4 Å². The molecule has 0 aromatic rings. The highest BCUT2D eigenvalue weighted by molar-refractivity contribution is 9.09. The maximum absolute atomic E-state index is 12.4. The SMILES string of the molecule is CCC(OCC=O)C1(C(=O)OCCCBr)CCCC1. The Kier molecular flexibility index (Phi) is 7.61. The summed E-state index contributed by atoms with van der Waals surface area (Å²) in [5.41, 5.74) is -0.538. The van der Waals surface area contributed by atoms with Crippen LogP contribution in [0.4, 0.5) is 0 Å². The average Bonchev–Trinajstić information content (AvgIpc) is 2.90. The number of alkyl halides is 1. The molecule has 0 heterocycles. The Balaban J connectivity index is 2.70. The van der Waals surface area contributed by atoms with Gasteiger partial charge in [0.2, 0.25) is 0 Å². The molecule has 1 atom stereocenters. The minimum Gasteiger partial charge on any atom is -0.465 e. The molecule has 1 saturated carbocycles. The fourth-order valence-electron chi connectivity index (χ4n) is 2.85. The van der Waals surface area contributed by atoms with Crippen LogP contribution in [0.5, 0.6) is 0 Å². The van der Waals surface area contributed by atoms with E-state index in [4.69, 9.17) is 9.47 Å². The molecular weight excluding hydrogens is 312 g/mol. The van der Waals surface area contributed by atoms with Crippen LogP contribution in [0.2, 0.25) is 0 Å². The largest absolute Gasteiger partial charge is 0.465 e. The standard InChI is InChI=1S/C14H23BrO4/c1-2-12(18-11-9-16)14(6-3-4-7-14)13(17)19-10-5-8-15/h9,12H,2-8,10-11H2,1H3. The molecule has 0 aromatic carbocycles. The van der Waals surface area contributed by atoms with Crippen molar-refractivity contribution in [3.63, 3.8) is 0 Å². The first-order chi connectivity index (χ1) is 9.21. The number of rotatable bonds is 9. The first-order valence-electron chi connectivity index (χ1n) is 6.99. The van der Waals surface area contributed by atoms with E-state index >= 15 is 0 Å². The highest BCUT2D eigenvalue weighted by Crippen LogP contribution is 2.44. The van der Waals surface area contributed by atoms with E-state index in [9.17, 15) is 9.59 Å². The van der Waals surface area contributed by atoms with Crippen LogP contribution in [-0.4, -0.2) is 36.9 Å². The maximum Gasteiger partial charge on any atom is 0.314 e. The zero-order chi connectivity index (χ0) is 14.1. The van der Waals surface area contributed by atoms with Crippen LogP contribution in [-0.2, 0) is 19.1 Å². The molecule has 1 aliphatic rings. The Bertz CT molecular complexity index is 287. The van der Waals surface area contributed by atoms with Gasteiger partial charge in [-0.15, -0.1) is 0 Å². The number of halogens is 1. The van der Waals surface area contributed by atoms with Crippen LogP contribution in [0, 0.1) is 5.41 Å². The van der Waals surface area contributed by atoms with Crippen molar-refractivity contribution in [1.82, 2.24) is 0 Å². The van der Waals surface area contributed by atoms with Crippen molar-refractivity contribution in [3.05, 3.63) is 0 Å². The quantitative estimate of drug-likeness (QED) is 0.281. The van der Waals surface area contributed by atoms with Crippen molar-refractivity contribution in [1.29, 1.82) is 0 Å². The molecule has 19 heavy (non-hydrogen) atoms. The number of esters is 1. The Hall–Kier alpha value is -0.420. The molecule has 0 N–H and O–H groups in total. The Morgan fingerprint density at radius 1 is 1.42 bits per heavy atom. The lowest BCUT2D eigenvalue weighted by Crippen LogP contribution is -2.43. The highest BCUT2D eigenvalue weighted by Gasteiger charge is 2.48. The molecule has 0 aromatic heterocycles. The fourth-order valence-corrected chi connectivity index (χ4v) is 3.08. The fraction of sp³-hybridized carbons (Fsp3) is 0.857. The lowest BCUT2D eigenvalue weighted by molar-refractivity contribution is -0.167. The lowest BCUT2D eigenvalue weighted by Gasteiger charge is -2.34. The van der Waals surface area contributed by atoms with Crippen LogP contribution in [0.25, 0.3) is 0 Å². The third-order valence-electron chi connectivity index (χ3n) is 3.77. The van der Waals surface area contributed by atoms with E-state index in [2.05, 4.69) is 15.9 Å². The second-order valence-corrected chi connectivity index (χ2v) is 5.73. The minimum absolute atomic E-state index is 0.0505. The molecule has 0 saturated heterocycles. The summed E-state index contributed by atoms with van der Waals surface area (Å²) >= 11 is 3.32. The molecule has 4 nitrogen and oxygen atoms in total. The third-order valence-corrected chi connectivity index (χ3v) is 4.33. The van der Waals surface area contributed by atoms with Crippen molar-refractivity contribution in [2.45, 2.75) is 51.6 Å². The third kappa shape index (κ3) is 4.28. The van der Waals surface area contributed by atoms with Crippen molar-refractivity contribution < 1.29 is 19.1 Å². The second-order valence-electron chi connectivity index (χ2n) is 4.94. The first-order valence-corrected chi connectivity index (χ1v) is 8.12. The second kappa shape index (κ2) is 8.69. The van der Waals surface area contributed by atoms with Gasteiger partial charge in [-0.3, -0.25) is 4.79 Å². The summed E-state index contributed by atoms with van der Waals surface area (Å²) < 4.78 is 11.0. The molecule has 0 amide bonds. The number of hydrogen-bond acceptors (Lipinski definition) is 4. The Labute approximate surface area is 123 Å². The van der Waals surface area contributed by atoms with Crippen LogP contribution >= 0.6 is 15.9 Å². The van der Waals surface area contributed by atoms with Gasteiger partial charge >= 0.3 is 5.97 Å². The zero-order valence-electron chi connectivity index (χ0n) is 11.5. The summed E-state index contributed by atoms with van der Waals surface area (Å²) in [7, 11) is 0. The van der Waals surface area contributed by atoms with E-state index in [0.717, 1.165) is 50.1 Å². The molecule has 1 aliphatic carbocycles. The van der Waals surface area contributed by atoms with E-state index in [0.29, 0.717) is 6.61 Å². The average molecular weight is 335 g/mol. The van der Waals surface area contributed by atoms with Crippen molar-refractivity contribution >= 4 is 28.2 Å². The van der Waals surface area contributed by atoms with E-state index in [1.807, 2.05) is 6.92 Å². The van der Waals surface area contributed by atoms with Crippen LogP contribution < -0.4 is 0 Å². The first kappa shape index (κ1) is 16.6. The molecule has 1 unspecified atom stereocenters. The van der Waals surface area contributed by atoms with Gasteiger partial charge in [0, 0.05) is 5.33 Å². The van der Waals surface area contributed by atoms with Crippen molar-refractivity contribution in [2.75, 3.05) is 18.5 Å². The van der Waals surface area contributed by atoms with Gasteiger partial charge in [-0.25, -0.2) is 0 Å². The molecule has 0 spiro atoms. The number of ether oxygens (including phenoxy) is 2. The predicted octanol–water partition coefficient (Wildman–Crippen LogP) is 2.87. The van der Waals surface area contributed by atoms with Gasteiger partial charge in [0.05, 0.1) is 18.1 Å². The van der Waals surface area contributed by atoms with Gasteiger partial charge in [0.15, 0.2) is 0 Å². The van der Waals surface area contributed by atoms with Crippen molar-refractivity contribution in [3.8, 4) is 0 Å². The molecule has 110 valence electrons. The Morgan fingerprint density at radius 2 is 2.11 bits per heavy atom. The van der Waals surface area contributed by atoms with Gasteiger partial charge in [-0.2, -0.15) is 0 Å². The van der Waals surface area contributed by atoms with E-state index in [-0.39, 0.29) is 18.7 Å². The molecule has 0 aliphatic heterocycles. The topological polar surface area (TPSA) is 52.6 Å². The molecule has 5 heteroatoms. The van der Waals surface area contributed by atoms with Gasteiger partial charge in [-0.1, -0.05) is 35.7 Å². The lowest BCUT2D eigenvalue weighted by atomic mass is 9.79. The molecule has 0 bridgehead atoms. The normalized spacial score (nSPS) is 19.1. The van der Waals surface area contributed by atoms with E-state index < -0.39 is 5.41 Å². The number of hydrogen-bond donors (Lipinski definition) is 0. The molecular formula is C14H23BrO4. The minimum atomic E-state index is -0.538. The summed E-state index contributed by atoms with van der Waals surface area (Å²) in [6.45, 7) is 2.48. The highest BCUT2D eigenvalue weighted by atomic mass is 79.9. The summed E-state index contributed by atoms with van der Waals surface area (Å²) in [6, 6.07) is 0. The van der Waals surface area contributed by atoms with Gasteiger partial charge in [-0.05, 0) is 25.7 Å². The summed E-state index contributed by atoms with van der Waals surface area (Å²) in [5, 5.41) is 0.826.